The summed E-state index contributed by atoms with van der Waals surface area (Å²) in [4.78, 5) is 24.2. The molecule has 0 saturated carbocycles. The summed E-state index contributed by atoms with van der Waals surface area (Å²) in [5, 5.41) is 14.7. The molecule has 138 valence electrons. The summed E-state index contributed by atoms with van der Waals surface area (Å²) in [7, 11) is 0. The number of carbonyl (C=O) groups excluding carboxylic acids is 2. The Morgan fingerprint density at radius 2 is 1.89 bits per heavy atom. The molecule has 2 aromatic carbocycles. The molecule has 6 nitrogen and oxygen atoms in total. The van der Waals surface area contributed by atoms with E-state index in [1.807, 2.05) is 54.6 Å². The van der Waals surface area contributed by atoms with Gasteiger partial charge in [0.2, 0.25) is 16.9 Å². The minimum Gasteiger partial charge on any atom is -0.344 e. The number of nitrogens with one attached hydrogen (secondary N) is 2. The number of carbonyl (C=O) groups is 2. The van der Waals surface area contributed by atoms with Crippen molar-refractivity contribution in [1.29, 1.82) is 0 Å². The Morgan fingerprint density at radius 1 is 1.11 bits per heavy atom. The number of anilines is 1. The van der Waals surface area contributed by atoms with Crippen LogP contribution in [-0.4, -0.2) is 28.1 Å². The minimum atomic E-state index is -0.692. The third-order valence-corrected chi connectivity index (χ3v) is 5.08. The van der Waals surface area contributed by atoms with E-state index in [-0.39, 0.29) is 11.8 Å². The summed E-state index contributed by atoms with van der Waals surface area (Å²) in [5.74, 6) is -0.593. The zero-order valence-corrected chi connectivity index (χ0v) is 16.9. The third kappa shape index (κ3) is 5.45. The van der Waals surface area contributed by atoms with Gasteiger partial charge in [-0.15, -0.1) is 10.2 Å². The second-order valence-corrected chi connectivity index (χ2v) is 7.75. The van der Waals surface area contributed by atoms with E-state index in [1.165, 1.54) is 18.3 Å². The molecular weight excluding hydrogens is 428 g/mol. The van der Waals surface area contributed by atoms with Crippen molar-refractivity contribution in [2.45, 2.75) is 19.4 Å². The molecule has 2 N–H and O–H groups in total. The summed E-state index contributed by atoms with van der Waals surface area (Å²) in [5.41, 5.74) is 1.86. The molecule has 0 fully saturated rings. The lowest BCUT2D eigenvalue weighted by atomic mass is 10.1. The molecule has 0 spiro atoms. The summed E-state index contributed by atoms with van der Waals surface area (Å²) in [6.07, 6.45) is 0.392. The van der Waals surface area contributed by atoms with Crippen LogP contribution in [0.4, 0.5) is 5.13 Å². The molecule has 0 aliphatic heterocycles. The van der Waals surface area contributed by atoms with E-state index < -0.39 is 6.04 Å². The van der Waals surface area contributed by atoms with Gasteiger partial charge in [-0.25, -0.2) is 0 Å². The second-order valence-electron chi connectivity index (χ2n) is 5.85. The Kier molecular flexibility index (Phi) is 6.31. The number of aromatic nitrogens is 2. The quantitative estimate of drug-likeness (QED) is 0.607. The van der Waals surface area contributed by atoms with Gasteiger partial charge in [-0.1, -0.05) is 69.7 Å². The van der Waals surface area contributed by atoms with Crippen LogP contribution in [0, 0.1) is 0 Å². The highest BCUT2D eigenvalue weighted by molar-refractivity contribution is 9.10. The van der Waals surface area contributed by atoms with Crippen LogP contribution < -0.4 is 10.6 Å². The normalized spacial score (nSPS) is 11.6. The molecule has 0 saturated heterocycles. The summed E-state index contributed by atoms with van der Waals surface area (Å²) < 4.78 is 0.939. The van der Waals surface area contributed by atoms with Crippen molar-refractivity contribution < 1.29 is 9.59 Å². The Morgan fingerprint density at radius 3 is 2.59 bits per heavy atom. The highest BCUT2D eigenvalue weighted by Crippen LogP contribution is 2.28. The van der Waals surface area contributed by atoms with E-state index in [0.29, 0.717) is 16.6 Å². The number of benzene rings is 2. The Labute approximate surface area is 169 Å². The molecule has 0 aliphatic carbocycles. The fourth-order valence-corrected chi connectivity index (χ4v) is 3.65. The number of hydrogen-bond donors (Lipinski definition) is 2. The zero-order valence-electron chi connectivity index (χ0n) is 14.5. The number of hydrogen-bond acceptors (Lipinski definition) is 5. The monoisotopic (exact) mass is 444 g/mol. The smallest absolute Gasteiger partial charge is 0.249 e. The predicted octanol–water partition coefficient (Wildman–Crippen LogP) is 3.65. The molecule has 1 atom stereocenters. The Hall–Kier alpha value is -2.58. The maximum atomic E-state index is 12.7. The van der Waals surface area contributed by atoms with E-state index >= 15 is 0 Å². The number of rotatable bonds is 6. The average molecular weight is 445 g/mol. The van der Waals surface area contributed by atoms with Gasteiger partial charge in [-0.05, 0) is 17.7 Å². The van der Waals surface area contributed by atoms with Crippen LogP contribution in [-0.2, 0) is 16.0 Å². The summed E-state index contributed by atoms with van der Waals surface area (Å²) >= 11 is 4.70. The molecule has 0 aliphatic rings. The van der Waals surface area contributed by atoms with E-state index in [4.69, 9.17) is 0 Å². The van der Waals surface area contributed by atoms with Gasteiger partial charge < -0.3 is 5.32 Å². The first-order valence-corrected chi connectivity index (χ1v) is 9.83. The van der Waals surface area contributed by atoms with E-state index in [2.05, 4.69) is 36.8 Å². The highest BCUT2D eigenvalue weighted by atomic mass is 79.9. The molecule has 3 rings (SSSR count). The lowest BCUT2D eigenvalue weighted by Gasteiger charge is -2.16. The maximum Gasteiger partial charge on any atom is 0.249 e. The van der Waals surface area contributed by atoms with Crippen molar-refractivity contribution in [2.75, 3.05) is 5.32 Å². The number of halogens is 1. The second kappa shape index (κ2) is 8.88. The summed E-state index contributed by atoms with van der Waals surface area (Å²) in [6.45, 7) is 1.39. The fourth-order valence-electron chi connectivity index (χ4n) is 2.51. The van der Waals surface area contributed by atoms with Gasteiger partial charge in [0.15, 0.2) is 0 Å². The van der Waals surface area contributed by atoms with Gasteiger partial charge in [-0.2, -0.15) is 0 Å². The zero-order chi connectivity index (χ0) is 19.2. The van der Waals surface area contributed by atoms with Crippen molar-refractivity contribution in [1.82, 2.24) is 15.5 Å². The molecule has 3 aromatic rings. The first-order valence-electron chi connectivity index (χ1n) is 8.22. The van der Waals surface area contributed by atoms with Crippen molar-refractivity contribution in [3.63, 3.8) is 0 Å². The van der Waals surface area contributed by atoms with Crippen molar-refractivity contribution in [2.24, 2.45) is 0 Å². The predicted molar refractivity (Wildman–Crippen MR) is 109 cm³/mol. The molecule has 27 heavy (non-hydrogen) atoms. The van der Waals surface area contributed by atoms with Gasteiger partial charge >= 0.3 is 0 Å². The van der Waals surface area contributed by atoms with Crippen LogP contribution in [0.15, 0.2) is 59.1 Å². The van der Waals surface area contributed by atoms with Crippen LogP contribution in [0.25, 0.3) is 10.6 Å². The lowest BCUT2D eigenvalue weighted by molar-refractivity contribution is -0.125. The van der Waals surface area contributed by atoms with Crippen LogP contribution >= 0.6 is 27.3 Å². The number of nitrogens with zero attached hydrogens (tertiary/aromatic N) is 2. The average Bonchev–Trinajstić information content (AvgIpc) is 3.10. The van der Waals surface area contributed by atoms with Crippen molar-refractivity contribution in [3.05, 3.63) is 64.6 Å². The van der Waals surface area contributed by atoms with Crippen LogP contribution in [0.5, 0.6) is 0 Å². The first-order chi connectivity index (χ1) is 13.0. The lowest BCUT2D eigenvalue weighted by Crippen LogP contribution is -2.44. The first kappa shape index (κ1) is 19.2. The SMILES string of the molecule is CC(=O)NC(Cc1ccccc1)C(=O)Nc1nnc(-c2cccc(Br)c2)s1. The molecule has 8 heteroatoms. The van der Waals surface area contributed by atoms with Gasteiger partial charge in [0.25, 0.3) is 0 Å². The topological polar surface area (TPSA) is 84.0 Å². The van der Waals surface area contributed by atoms with Crippen LogP contribution in [0.3, 0.4) is 0 Å². The highest BCUT2D eigenvalue weighted by Gasteiger charge is 2.21. The molecule has 1 aromatic heterocycles. The molecule has 0 radical (unpaired) electrons. The summed E-state index contributed by atoms with van der Waals surface area (Å²) in [6, 6.07) is 16.5. The van der Waals surface area contributed by atoms with Crippen LogP contribution in [0.2, 0.25) is 0 Å². The van der Waals surface area contributed by atoms with Gasteiger partial charge in [0.1, 0.15) is 11.0 Å². The maximum absolute atomic E-state index is 12.7. The van der Waals surface area contributed by atoms with E-state index in [0.717, 1.165) is 15.6 Å². The van der Waals surface area contributed by atoms with Gasteiger partial charge in [0, 0.05) is 23.4 Å². The Bertz CT molecular complexity index is 946. The number of amides is 2. The fraction of sp³-hybridized carbons (Fsp3) is 0.158. The van der Waals surface area contributed by atoms with Crippen molar-refractivity contribution >= 4 is 44.2 Å². The minimum absolute atomic E-state index is 0.266. The molecular formula is C19H17BrN4O2S. The van der Waals surface area contributed by atoms with Crippen LogP contribution in [0.1, 0.15) is 12.5 Å². The molecule has 1 unspecified atom stereocenters. The largest absolute Gasteiger partial charge is 0.344 e. The Balaban J connectivity index is 1.72. The molecule has 1 heterocycles. The van der Waals surface area contributed by atoms with Crippen molar-refractivity contribution in [3.8, 4) is 10.6 Å². The third-order valence-electron chi connectivity index (χ3n) is 3.70. The van der Waals surface area contributed by atoms with Gasteiger partial charge in [0.05, 0.1) is 0 Å². The standard InChI is InChI=1S/C19H17BrN4O2S/c1-12(25)21-16(10-13-6-3-2-4-7-13)17(26)22-19-24-23-18(27-19)14-8-5-9-15(20)11-14/h2-9,11,16H,10H2,1H3,(H,21,25)(H,22,24,26). The van der Waals surface area contributed by atoms with E-state index in [9.17, 15) is 9.59 Å². The molecule has 0 bridgehead atoms. The van der Waals surface area contributed by atoms with Gasteiger partial charge in [-0.3, -0.25) is 14.9 Å². The molecule has 2 amide bonds. The van der Waals surface area contributed by atoms with E-state index in [1.54, 1.807) is 0 Å².